The summed E-state index contributed by atoms with van der Waals surface area (Å²) in [6, 6.07) is 16.3. The van der Waals surface area contributed by atoms with Gasteiger partial charge in [-0.05, 0) is 41.6 Å². The number of amides is 2. The Hall–Kier alpha value is -2.86. The van der Waals surface area contributed by atoms with Gasteiger partial charge >= 0.3 is 6.09 Å². The predicted molar refractivity (Wildman–Crippen MR) is 104 cm³/mol. The number of nitrogens with one attached hydrogen (secondary N) is 2. The molecule has 0 atom stereocenters. The molecule has 0 fully saturated rings. The van der Waals surface area contributed by atoms with Gasteiger partial charge in [-0.25, -0.2) is 10.2 Å². The van der Waals surface area contributed by atoms with Crippen LogP contribution in [0.5, 0.6) is 0 Å². The zero-order chi connectivity index (χ0) is 19.1. The molecule has 142 valence electrons. The number of hydrogen-bond acceptors (Lipinski definition) is 4. The number of carbonyl (C=O) groups is 2. The van der Waals surface area contributed by atoms with Gasteiger partial charge in [0.15, 0.2) is 0 Å². The summed E-state index contributed by atoms with van der Waals surface area (Å²) < 4.78 is 5.35. The molecule has 27 heavy (non-hydrogen) atoms. The Kier molecular flexibility index (Phi) is 6.44. The fourth-order valence-electron chi connectivity index (χ4n) is 3.42. The Bertz CT molecular complexity index is 761. The first-order valence-corrected chi connectivity index (χ1v) is 9.30. The first-order valence-electron chi connectivity index (χ1n) is 9.30. The van der Waals surface area contributed by atoms with E-state index in [2.05, 4.69) is 35.1 Å². The van der Waals surface area contributed by atoms with Gasteiger partial charge < -0.3 is 10.5 Å². The number of fused-ring (bicyclic) bond motifs is 3. The van der Waals surface area contributed by atoms with Crippen molar-refractivity contribution in [1.82, 2.24) is 10.9 Å². The highest BCUT2D eigenvalue weighted by Crippen LogP contribution is 2.44. The van der Waals surface area contributed by atoms with Crippen LogP contribution in [0.3, 0.4) is 0 Å². The molecule has 2 aromatic carbocycles. The van der Waals surface area contributed by atoms with Gasteiger partial charge in [-0.3, -0.25) is 10.2 Å². The first kappa shape index (κ1) is 18.9. The second-order valence-corrected chi connectivity index (χ2v) is 6.60. The quantitative estimate of drug-likeness (QED) is 0.518. The van der Waals surface area contributed by atoms with Gasteiger partial charge in [-0.2, -0.15) is 0 Å². The largest absolute Gasteiger partial charge is 0.447 e. The highest BCUT2D eigenvalue weighted by Gasteiger charge is 2.28. The third-order valence-corrected chi connectivity index (χ3v) is 4.76. The second kappa shape index (κ2) is 9.19. The first-order chi connectivity index (χ1) is 13.2. The van der Waals surface area contributed by atoms with E-state index in [4.69, 9.17) is 10.5 Å². The van der Waals surface area contributed by atoms with Gasteiger partial charge in [0.2, 0.25) is 5.91 Å². The van der Waals surface area contributed by atoms with E-state index in [-0.39, 0.29) is 18.4 Å². The highest BCUT2D eigenvalue weighted by atomic mass is 16.6. The number of hydrogen-bond donors (Lipinski definition) is 3. The normalized spacial score (nSPS) is 12.2. The molecule has 0 bridgehead atoms. The summed E-state index contributed by atoms with van der Waals surface area (Å²) in [4.78, 5) is 23.6. The number of unbranched alkanes of at least 4 members (excludes halogenated alkanes) is 2. The highest BCUT2D eigenvalue weighted by molar-refractivity contribution is 5.80. The monoisotopic (exact) mass is 367 g/mol. The van der Waals surface area contributed by atoms with Crippen molar-refractivity contribution >= 4 is 12.0 Å². The van der Waals surface area contributed by atoms with Gasteiger partial charge in [0.25, 0.3) is 0 Å². The number of carbonyl (C=O) groups excluding carboxylic acids is 2. The van der Waals surface area contributed by atoms with Crippen LogP contribution in [0.15, 0.2) is 48.5 Å². The summed E-state index contributed by atoms with van der Waals surface area (Å²) in [6.45, 7) is 0.839. The summed E-state index contributed by atoms with van der Waals surface area (Å²) in [7, 11) is 0. The SMILES string of the molecule is NCCCCCC(=O)NNC(=O)OCC1c2ccccc2-c2ccccc21. The summed E-state index contributed by atoms with van der Waals surface area (Å²) in [6.07, 6.45) is 2.23. The zero-order valence-corrected chi connectivity index (χ0v) is 15.2. The van der Waals surface area contributed by atoms with Crippen LogP contribution in [0.2, 0.25) is 0 Å². The van der Waals surface area contributed by atoms with E-state index in [0.29, 0.717) is 13.0 Å². The van der Waals surface area contributed by atoms with Crippen LogP contribution in [-0.2, 0) is 9.53 Å². The minimum atomic E-state index is -0.660. The van der Waals surface area contributed by atoms with E-state index >= 15 is 0 Å². The van der Waals surface area contributed by atoms with E-state index in [1.54, 1.807) is 0 Å². The van der Waals surface area contributed by atoms with Gasteiger partial charge in [0.05, 0.1) is 0 Å². The summed E-state index contributed by atoms with van der Waals surface area (Å²) in [5, 5.41) is 0. The Labute approximate surface area is 159 Å². The molecule has 0 saturated heterocycles. The van der Waals surface area contributed by atoms with E-state index in [0.717, 1.165) is 30.4 Å². The Morgan fingerprint density at radius 3 is 2.15 bits per heavy atom. The molecule has 0 unspecified atom stereocenters. The molecule has 0 aromatic heterocycles. The van der Waals surface area contributed by atoms with Gasteiger partial charge in [-0.1, -0.05) is 55.0 Å². The Balaban J connectivity index is 1.50. The number of ether oxygens (including phenoxy) is 1. The molecule has 0 spiro atoms. The lowest BCUT2D eigenvalue weighted by Gasteiger charge is -2.14. The smallest absolute Gasteiger partial charge is 0.426 e. The minimum Gasteiger partial charge on any atom is -0.447 e. The van der Waals surface area contributed by atoms with E-state index in [9.17, 15) is 9.59 Å². The fourth-order valence-corrected chi connectivity index (χ4v) is 3.42. The molecule has 0 aliphatic heterocycles. The zero-order valence-electron chi connectivity index (χ0n) is 15.2. The van der Waals surface area contributed by atoms with Crippen molar-refractivity contribution in [1.29, 1.82) is 0 Å². The maximum Gasteiger partial charge on any atom is 0.426 e. The third kappa shape index (κ3) is 4.65. The Morgan fingerprint density at radius 1 is 0.889 bits per heavy atom. The van der Waals surface area contributed by atoms with Gasteiger partial charge in [0, 0.05) is 12.3 Å². The van der Waals surface area contributed by atoms with E-state index < -0.39 is 6.09 Å². The maximum atomic E-state index is 11.9. The third-order valence-electron chi connectivity index (χ3n) is 4.76. The van der Waals surface area contributed by atoms with Crippen molar-refractivity contribution in [3.8, 4) is 11.1 Å². The van der Waals surface area contributed by atoms with Crippen molar-refractivity contribution in [2.24, 2.45) is 5.73 Å². The molecule has 6 heteroatoms. The van der Waals surface area contributed by atoms with Crippen molar-refractivity contribution in [2.75, 3.05) is 13.2 Å². The number of benzene rings is 2. The fraction of sp³-hybridized carbons (Fsp3) is 0.333. The summed E-state index contributed by atoms with van der Waals surface area (Å²) >= 11 is 0. The number of hydrazine groups is 1. The minimum absolute atomic E-state index is 0.00452. The standard InChI is InChI=1S/C21H25N3O3/c22-13-7-1-2-12-20(25)23-24-21(26)27-14-19-17-10-5-3-8-15(17)16-9-4-6-11-18(16)19/h3-6,8-11,19H,1-2,7,12-14,22H2,(H,23,25)(H,24,26). The van der Waals surface area contributed by atoms with Gasteiger partial charge in [-0.15, -0.1) is 0 Å². The lowest BCUT2D eigenvalue weighted by Crippen LogP contribution is -2.42. The molecule has 4 N–H and O–H groups in total. The number of nitrogens with two attached hydrogens (primary N) is 1. The van der Waals surface area contributed by atoms with Crippen molar-refractivity contribution in [3.05, 3.63) is 59.7 Å². The molecular weight excluding hydrogens is 342 g/mol. The van der Waals surface area contributed by atoms with Crippen LogP contribution in [0.4, 0.5) is 4.79 Å². The molecular formula is C21H25N3O3. The molecule has 2 aromatic rings. The maximum absolute atomic E-state index is 11.9. The number of rotatable bonds is 7. The van der Waals surface area contributed by atoms with Crippen molar-refractivity contribution in [3.63, 3.8) is 0 Å². The molecule has 1 aliphatic carbocycles. The second-order valence-electron chi connectivity index (χ2n) is 6.60. The van der Waals surface area contributed by atoms with Crippen LogP contribution in [0.1, 0.15) is 42.7 Å². The Morgan fingerprint density at radius 2 is 1.52 bits per heavy atom. The van der Waals surface area contributed by atoms with Crippen molar-refractivity contribution in [2.45, 2.75) is 31.6 Å². The molecule has 0 radical (unpaired) electrons. The van der Waals surface area contributed by atoms with Crippen LogP contribution in [-0.4, -0.2) is 25.2 Å². The summed E-state index contributed by atoms with van der Waals surface area (Å²) in [5.41, 5.74) is 14.7. The average molecular weight is 367 g/mol. The average Bonchev–Trinajstić information content (AvgIpc) is 3.02. The van der Waals surface area contributed by atoms with Crippen molar-refractivity contribution < 1.29 is 14.3 Å². The van der Waals surface area contributed by atoms with E-state index in [1.807, 2.05) is 24.3 Å². The van der Waals surface area contributed by atoms with Crippen LogP contribution < -0.4 is 16.6 Å². The molecule has 6 nitrogen and oxygen atoms in total. The molecule has 2 amide bonds. The molecule has 3 rings (SSSR count). The van der Waals surface area contributed by atoms with Gasteiger partial charge in [0.1, 0.15) is 6.61 Å². The lowest BCUT2D eigenvalue weighted by atomic mass is 9.98. The predicted octanol–water partition coefficient (Wildman–Crippen LogP) is 3.08. The molecule has 1 aliphatic rings. The van der Waals surface area contributed by atoms with Crippen LogP contribution in [0.25, 0.3) is 11.1 Å². The van der Waals surface area contributed by atoms with Crippen LogP contribution in [0, 0.1) is 0 Å². The lowest BCUT2D eigenvalue weighted by molar-refractivity contribution is -0.122. The topological polar surface area (TPSA) is 93.5 Å². The van der Waals surface area contributed by atoms with Crippen LogP contribution >= 0.6 is 0 Å². The molecule has 0 saturated carbocycles. The summed E-state index contributed by atoms with van der Waals surface area (Å²) in [5.74, 6) is -0.240. The van der Waals surface area contributed by atoms with E-state index in [1.165, 1.54) is 11.1 Å². The molecule has 0 heterocycles.